The van der Waals surface area contributed by atoms with Crippen molar-refractivity contribution in [3.63, 3.8) is 0 Å². The van der Waals surface area contributed by atoms with Crippen molar-refractivity contribution in [2.45, 2.75) is 19.1 Å². The lowest BCUT2D eigenvalue weighted by atomic mass is 10.0. The molecule has 0 spiro atoms. The molecule has 1 aromatic heterocycles. The fourth-order valence-corrected chi connectivity index (χ4v) is 3.53. The van der Waals surface area contributed by atoms with Crippen molar-refractivity contribution >= 4 is 5.91 Å². The van der Waals surface area contributed by atoms with Gasteiger partial charge in [0.2, 0.25) is 0 Å². The molecule has 0 aliphatic carbocycles. The second kappa shape index (κ2) is 9.43. The van der Waals surface area contributed by atoms with Gasteiger partial charge in [0.1, 0.15) is 5.75 Å². The summed E-state index contributed by atoms with van der Waals surface area (Å²) in [7, 11) is 1.60. The van der Waals surface area contributed by atoms with E-state index in [9.17, 15) is 18.0 Å². The van der Waals surface area contributed by atoms with Gasteiger partial charge in [-0.25, -0.2) is 0 Å². The Labute approximate surface area is 194 Å². The van der Waals surface area contributed by atoms with Gasteiger partial charge in [-0.1, -0.05) is 36.4 Å². The van der Waals surface area contributed by atoms with Crippen LogP contribution >= 0.6 is 0 Å². The molecule has 0 saturated carbocycles. The first-order chi connectivity index (χ1) is 16.2. The average Bonchev–Trinajstić information content (AvgIpc) is 3.34. The second-order valence-electron chi connectivity index (χ2n) is 7.79. The van der Waals surface area contributed by atoms with Crippen LogP contribution in [-0.4, -0.2) is 23.2 Å². The van der Waals surface area contributed by atoms with Crippen molar-refractivity contribution < 1.29 is 22.7 Å². The Morgan fingerprint density at radius 1 is 0.971 bits per heavy atom. The molecule has 1 atom stereocenters. The van der Waals surface area contributed by atoms with Crippen molar-refractivity contribution in [1.29, 1.82) is 0 Å². The number of aromatic nitrogens is 2. The molecule has 0 radical (unpaired) electrons. The molecule has 1 heterocycles. The molecule has 34 heavy (non-hydrogen) atoms. The minimum Gasteiger partial charge on any atom is -0.497 e. The number of ether oxygens (including phenoxy) is 1. The molecule has 2 N–H and O–H groups in total. The van der Waals surface area contributed by atoms with Crippen LogP contribution in [0.5, 0.6) is 5.75 Å². The van der Waals surface area contributed by atoms with E-state index < -0.39 is 11.7 Å². The minimum atomic E-state index is -4.42. The van der Waals surface area contributed by atoms with Gasteiger partial charge in [-0.15, -0.1) is 0 Å². The van der Waals surface area contributed by atoms with Crippen LogP contribution in [0, 0.1) is 0 Å². The van der Waals surface area contributed by atoms with E-state index >= 15 is 0 Å². The van der Waals surface area contributed by atoms with E-state index in [1.165, 1.54) is 6.07 Å². The predicted molar refractivity (Wildman–Crippen MR) is 123 cm³/mol. The van der Waals surface area contributed by atoms with Crippen molar-refractivity contribution in [3.05, 3.63) is 95.6 Å². The first-order valence-electron chi connectivity index (χ1n) is 10.5. The summed E-state index contributed by atoms with van der Waals surface area (Å²) >= 11 is 0. The Morgan fingerprint density at radius 3 is 2.32 bits per heavy atom. The molecule has 4 aromatic rings. The molecule has 0 saturated heterocycles. The number of alkyl halides is 3. The van der Waals surface area contributed by atoms with Crippen molar-refractivity contribution in [3.8, 4) is 28.3 Å². The van der Waals surface area contributed by atoms with Crippen LogP contribution in [0.3, 0.4) is 0 Å². The number of aromatic amines is 1. The molecule has 0 aliphatic heterocycles. The van der Waals surface area contributed by atoms with Crippen molar-refractivity contribution in [2.75, 3.05) is 7.11 Å². The number of methoxy groups -OCH3 is 1. The number of hydrogen-bond acceptors (Lipinski definition) is 3. The fraction of sp³-hybridized carbons (Fsp3) is 0.154. The first kappa shape index (κ1) is 23.1. The molecule has 0 bridgehead atoms. The summed E-state index contributed by atoms with van der Waals surface area (Å²) in [5.41, 5.74) is 2.86. The van der Waals surface area contributed by atoms with Crippen molar-refractivity contribution in [2.24, 2.45) is 0 Å². The van der Waals surface area contributed by atoms with Crippen LogP contribution in [0.1, 0.15) is 34.5 Å². The lowest BCUT2D eigenvalue weighted by Gasteiger charge is -2.15. The zero-order valence-corrected chi connectivity index (χ0v) is 18.5. The number of nitrogens with zero attached hydrogens (tertiary/aromatic N) is 1. The van der Waals surface area contributed by atoms with Crippen molar-refractivity contribution in [1.82, 2.24) is 15.5 Å². The van der Waals surface area contributed by atoms with E-state index in [1.54, 1.807) is 43.5 Å². The molecular weight excluding hydrogens is 443 g/mol. The number of carbonyl (C=O) groups excluding carboxylic acids is 1. The Balaban J connectivity index is 1.46. The smallest absolute Gasteiger partial charge is 0.416 e. The van der Waals surface area contributed by atoms with Gasteiger partial charge in [0.15, 0.2) is 0 Å². The Bertz CT molecular complexity index is 1280. The summed E-state index contributed by atoms with van der Waals surface area (Å²) in [5, 5.41) is 9.96. The summed E-state index contributed by atoms with van der Waals surface area (Å²) in [5.74, 6) is 0.525. The normalized spacial score (nSPS) is 12.3. The molecule has 5 nitrogen and oxygen atoms in total. The summed E-state index contributed by atoms with van der Waals surface area (Å²) in [6.45, 7) is 1.90. The quantitative estimate of drug-likeness (QED) is 0.353. The van der Waals surface area contributed by atoms with Crippen LogP contribution in [0.25, 0.3) is 22.5 Å². The lowest BCUT2D eigenvalue weighted by Crippen LogP contribution is -2.26. The van der Waals surface area contributed by atoms with Gasteiger partial charge in [0.25, 0.3) is 5.91 Å². The molecular formula is C26H22F3N3O2. The largest absolute Gasteiger partial charge is 0.497 e. The maximum absolute atomic E-state index is 13.0. The van der Waals surface area contributed by atoms with Crippen LogP contribution in [0.4, 0.5) is 13.2 Å². The minimum absolute atomic E-state index is 0.194. The van der Waals surface area contributed by atoms with Crippen LogP contribution in [0.2, 0.25) is 0 Å². The maximum atomic E-state index is 13.0. The third kappa shape index (κ3) is 5.11. The highest BCUT2D eigenvalue weighted by Gasteiger charge is 2.30. The molecule has 8 heteroatoms. The lowest BCUT2D eigenvalue weighted by molar-refractivity contribution is -0.137. The number of hydrogen-bond donors (Lipinski definition) is 2. The van der Waals surface area contributed by atoms with Crippen LogP contribution in [-0.2, 0) is 6.18 Å². The molecule has 3 aromatic carbocycles. The third-order valence-corrected chi connectivity index (χ3v) is 5.49. The second-order valence-corrected chi connectivity index (χ2v) is 7.79. The van der Waals surface area contributed by atoms with Crippen LogP contribution < -0.4 is 10.1 Å². The van der Waals surface area contributed by atoms with Gasteiger partial charge in [0.05, 0.1) is 30.1 Å². The Hall–Kier alpha value is -4.07. The molecule has 174 valence electrons. The average molecular weight is 465 g/mol. The van der Waals surface area contributed by atoms with Crippen LogP contribution in [0.15, 0.2) is 78.9 Å². The molecule has 1 amide bonds. The third-order valence-electron chi connectivity index (χ3n) is 5.49. The monoisotopic (exact) mass is 465 g/mol. The highest BCUT2D eigenvalue weighted by atomic mass is 19.4. The number of amides is 1. The van der Waals surface area contributed by atoms with Gasteiger partial charge in [-0.05, 0) is 60.5 Å². The zero-order chi connectivity index (χ0) is 24.3. The topological polar surface area (TPSA) is 67.0 Å². The van der Waals surface area contributed by atoms with E-state index in [0.29, 0.717) is 22.5 Å². The first-order valence-corrected chi connectivity index (χ1v) is 10.5. The van der Waals surface area contributed by atoms with E-state index in [1.807, 2.05) is 31.2 Å². The zero-order valence-electron chi connectivity index (χ0n) is 18.5. The summed E-state index contributed by atoms with van der Waals surface area (Å²) in [4.78, 5) is 12.7. The number of carbonyl (C=O) groups is 1. The summed E-state index contributed by atoms with van der Waals surface area (Å²) < 4.78 is 44.1. The van der Waals surface area contributed by atoms with Gasteiger partial charge < -0.3 is 10.1 Å². The molecule has 0 aliphatic rings. The Morgan fingerprint density at radius 2 is 1.68 bits per heavy atom. The van der Waals surface area contributed by atoms with Gasteiger partial charge >= 0.3 is 6.18 Å². The highest BCUT2D eigenvalue weighted by molar-refractivity contribution is 5.94. The van der Waals surface area contributed by atoms with Gasteiger partial charge in [-0.3, -0.25) is 9.89 Å². The SMILES string of the molecule is COc1ccc(C(C)NC(=O)c2ccc(-c3cc(-c4cccc(C(F)(F)F)c4)n[nH]3)cc2)cc1. The van der Waals surface area contributed by atoms with E-state index in [2.05, 4.69) is 15.5 Å². The fourth-order valence-electron chi connectivity index (χ4n) is 3.53. The number of benzene rings is 3. The Kier molecular flexibility index (Phi) is 6.40. The highest BCUT2D eigenvalue weighted by Crippen LogP contribution is 2.32. The van der Waals surface area contributed by atoms with Gasteiger partial charge in [-0.2, -0.15) is 18.3 Å². The van der Waals surface area contributed by atoms with E-state index in [-0.39, 0.29) is 11.9 Å². The van der Waals surface area contributed by atoms with E-state index in [4.69, 9.17) is 4.74 Å². The number of nitrogens with one attached hydrogen (secondary N) is 2. The number of halogens is 3. The number of rotatable bonds is 6. The molecule has 0 fully saturated rings. The molecule has 1 unspecified atom stereocenters. The maximum Gasteiger partial charge on any atom is 0.416 e. The van der Waals surface area contributed by atoms with Gasteiger partial charge in [0, 0.05) is 11.1 Å². The predicted octanol–water partition coefficient (Wildman–Crippen LogP) is 6.26. The standard InChI is InChI=1S/C26H22F3N3O2/c1-16(17-10-12-22(34-2)13-11-17)30-25(33)19-8-6-18(7-9-19)23-15-24(32-31-23)20-4-3-5-21(14-20)26(27,28)29/h3-16H,1-2H3,(H,30,33)(H,31,32). The van der Waals surface area contributed by atoms with E-state index in [0.717, 1.165) is 29.0 Å². The number of H-pyrrole nitrogens is 1. The summed E-state index contributed by atoms with van der Waals surface area (Å²) in [6, 6.07) is 20.9. The molecule has 4 rings (SSSR count). The summed E-state index contributed by atoms with van der Waals surface area (Å²) in [6.07, 6.45) is -4.42.